The van der Waals surface area contributed by atoms with Crippen LogP contribution in [0.2, 0.25) is 0 Å². The smallest absolute Gasteiger partial charge is 0.295 e. The van der Waals surface area contributed by atoms with E-state index in [1.807, 2.05) is 26.8 Å². The van der Waals surface area contributed by atoms with Gasteiger partial charge >= 0.3 is 0 Å². The lowest BCUT2D eigenvalue weighted by molar-refractivity contribution is -0.140. The maximum Gasteiger partial charge on any atom is 0.295 e. The van der Waals surface area contributed by atoms with E-state index in [2.05, 4.69) is 0 Å². The fraction of sp³-hybridized carbons (Fsp3) is 0.429. The molecule has 1 fully saturated rings. The maximum absolute atomic E-state index is 13.3. The van der Waals surface area contributed by atoms with Gasteiger partial charge in [-0.1, -0.05) is 13.0 Å². The number of carbonyl (C=O) groups is 2. The Morgan fingerprint density at radius 1 is 1.08 bits per heavy atom. The average molecular weight is 496 g/mol. The van der Waals surface area contributed by atoms with E-state index in [-0.39, 0.29) is 30.6 Å². The van der Waals surface area contributed by atoms with Gasteiger partial charge in [-0.25, -0.2) is 0 Å². The first-order chi connectivity index (χ1) is 17.4. The molecular weight excluding hydrogens is 462 g/mol. The average Bonchev–Trinajstić information content (AvgIpc) is 3.37. The minimum atomic E-state index is -0.803. The molecule has 0 aliphatic carbocycles. The maximum atomic E-state index is 13.3. The van der Waals surface area contributed by atoms with Crippen LogP contribution in [0.25, 0.3) is 5.76 Å². The monoisotopic (exact) mass is 495 g/mol. The van der Waals surface area contributed by atoms with Gasteiger partial charge in [0.2, 0.25) is 0 Å². The zero-order valence-electron chi connectivity index (χ0n) is 21.2. The highest BCUT2D eigenvalue weighted by Crippen LogP contribution is 2.42. The summed E-state index contributed by atoms with van der Waals surface area (Å²) in [6, 6.07) is 9.87. The fourth-order valence-electron chi connectivity index (χ4n) is 4.67. The molecule has 0 spiro atoms. The molecule has 2 aliphatic heterocycles. The molecule has 1 saturated heterocycles. The normalized spacial score (nSPS) is 20.4. The Bertz CT molecular complexity index is 1170. The third kappa shape index (κ3) is 4.91. The van der Waals surface area contributed by atoms with Crippen molar-refractivity contribution in [1.82, 2.24) is 4.90 Å². The summed E-state index contributed by atoms with van der Waals surface area (Å²) in [6.07, 6.45) is 1.59. The molecule has 2 atom stereocenters. The Hall–Kier alpha value is -3.52. The van der Waals surface area contributed by atoms with Crippen molar-refractivity contribution in [2.75, 3.05) is 33.5 Å². The second kappa shape index (κ2) is 11.0. The molecule has 2 unspecified atom stereocenters. The van der Waals surface area contributed by atoms with Crippen molar-refractivity contribution >= 4 is 17.4 Å². The van der Waals surface area contributed by atoms with Crippen LogP contribution in [-0.4, -0.2) is 61.3 Å². The standard InChI is InChI=1S/C28H33NO7/c1-5-12-35-22-10-7-18(16-23(22)34-6-2)25-24(27(31)28(32)29(25)11-13-33-4)26(30)19-8-9-21-20(15-19)14-17(3)36-21/h7-10,15-17,25,30H,5-6,11-14H2,1-4H3. The second-order valence-corrected chi connectivity index (χ2v) is 8.93. The summed E-state index contributed by atoms with van der Waals surface area (Å²) in [5, 5.41) is 11.4. The minimum Gasteiger partial charge on any atom is -0.507 e. The largest absolute Gasteiger partial charge is 0.507 e. The van der Waals surface area contributed by atoms with Crippen LogP contribution in [0.5, 0.6) is 17.2 Å². The molecule has 36 heavy (non-hydrogen) atoms. The van der Waals surface area contributed by atoms with Crippen molar-refractivity contribution in [2.24, 2.45) is 0 Å². The van der Waals surface area contributed by atoms with E-state index in [4.69, 9.17) is 18.9 Å². The van der Waals surface area contributed by atoms with Crippen LogP contribution in [0.15, 0.2) is 42.0 Å². The predicted molar refractivity (Wildman–Crippen MR) is 135 cm³/mol. The van der Waals surface area contributed by atoms with Crippen molar-refractivity contribution < 1.29 is 33.6 Å². The van der Waals surface area contributed by atoms with Crippen LogP contribution < -0.4 is 14.2 Å². The summed E-state index contributed by atoms with van der Waals surface area (Å²) in [5.41, 5.74) is 2.09. The number of aliphatic hydroxyl groups excluding tert-OH is 1. The van der Waals surface area contributed by atoms with E-state index >= 15 is 0 Å². The molecule has 1 N–H and O–H groups in total. The van der Waals surface area contributed by atoms with Crippen LogP contribution in [-0.2, 0) is 20.7 Å². The van der Waals surface area contributed by atoms with Crippen LogP contribution in [0, 0.1) is 0 Å². The first kappa shape index (κ1) is 25.6. The highest BCUT2D eigenvalue weighted by molar-refractivity contribution is 6.46. The molecule has 8 nitrogen and oxygen atoms in total. The fourth-order valence-corrected chi connectivity index (χ4v) is 4.67. The number of amides is 1. The van der Waals surface area contributed by atoms with Gasteiger partial charge in [-0.2, -0.15) is 0 Å². The van der Waals surface area contributed by atoms with E-state index in [9.17, 15) is 14.7 Å². The minimum absolute atomic E-state index is 0.0349. The molecular formula is C28H33NO7. The molecule has 2 aromatic rings. The Balaban J connectivity index is 1.82. The number of methoxy groups -OCH3 is 1. The summed E-state index contributed by atoms with van der Waals surface area (Å²) in [7, 11) is 1.53. The summed E-state index contributed by atoms with van der Waals surface area (Å²) in [4.78, 5) is 27.8. The first-order valence-electron chi connectivity index (χ1n) is 12.4. The lowest BCUT2D eigenvalue weighted by Gasteiger charge is -2.26. The molecule has 0 radical (unpaired) electrons. The Morgan fingerprint density at radius 3 is 2.61 bits per heavy atom. The predicted octanol–water partition coefficient (Wildman–Crippen LogP) is 4.27. The summed E-state index contributed by atoms with van der Waals surface area (Å²) in [6.45, 7) is 7.26. The number of ether oxygens (including phenoxy) is 4. The molecule has 192 valence electrons. The number of nitrogens with zero attached hydrogens (tertiary/aromatic N) is 1. The number of fused-ring (bicyclic) bond motifs is 1. The number of rotatable bonds is 10. The molecule has 2 aromatic carbocycles. The molecule has 4 rings (SSSR count). The summed E-state index contributed by atoms with van der Waals surface area (Å²) < 4.78 is 22.6. The number of benzene rings is 2. The van der Waals surface area contributed by atoms with E-state index in [1.54, 1.807) is 30.3 Å². The van der Waals surface area contributed by atoms with Crippen molar-refractivity contribution in [3.05, 3.63) is 58.7 Å². The van der Waals surface area contributed by atoms with Crippen molar-refractivity contribution in [2.45, 2.75) is 45.8 Å². The Labute approximate surface area is 211 Å². The number of hydrogen-bond acceptors (Lipinski definition) is 7. The zero-order valence-corrected chi connectivity index (χ0v) is 21.2. The molecule has 8 heteroatoms. The van der Waals surface area contributed by atoms with E-state index in [1.165, 1.54) is 12.0 Å². The van der Waals surface area contributed by atoms with E-state index in [0.717, 1.165) is 17.7 Å². The third-order valence-corrected chi connectivity index (χ3v) is 6.29. The number of ketones is 1. The van der Waals surface area contributed by atoms with Gasteiger partial charge in [-0.15, -0.1) is 0 Å². The molecule has 2 aliphatic rings. The topological polar surface area (TPSA) is 94.5 Å². The van der Waals surface area contributed by atoms with Gasteiger partial charge in [-0.05, 0) is 61.7 Å². The quantitative estimate of drug-likeness (QED) is 0.299. The van der Waals surface area contributed by atoms with Gasteiger partial charge < -0.3 is 29.0 Å². The molecule has 1 amide bonds. The van der Waals surface area contributed by atoms with Gasteiger partial charge in [0.1, 0.15) is 17.6 Å². The SMILES string of the molecule is CCCOc1ccc(C2C(=C(O)c3ccc4c(c3)CC(C)O4)C(=O)C(=O)N2CCOC)cc1OCC. The first-order valence-corrected chi connectivity index (χ1v) is 12.4. The summed E-state index contributed by atoms with van der Waals surface area (Å²) in [5.74, 6) is 0.238. The van der Waals surface area contributed by atoms with Gasteiger partial charge in [0.25, 0.3) is 11.7 Å². The number of hydrogen-bond donors (Lipinski definition) is 1. The lowest BCUT2D eigenvalue weighted by Crippen LogP contribution is -2.32. The van der Waals surface area contributed by atoms with E-state index < -0.39 is 17.7 Å². The zero-order chi connectivity index (χ0) is 25.8. The van der Waals surface area contributed by atoms with E-state index in [0.29, 0.717) is 42.3 Å². The summed E-state index contributed by atoms with van der Waals surface area (Å²) >= 11 is 0. The highest BCUT2D eigenvalue weighted by Gasteiger charge is 2.46. The van der Waals surface area contributed by atoms with Gasteiger partial charge in [0.05, 0.1) is 31.4 Å². The second-order valence-electron chi connectivity index (χ2n) is 8.93. The molecule has 0 bridgehead atoms. The Kier molecular flexibility index (Phi) is 7.84. The van der Waals surface area contributed by atoms with Crippen molar-refractivity contribution in [3.63, 3.8) is 0 Å². The van der Waals surface area contributed by atoms with Crippen LogP contribution in [0.1, 0.15) is 49.9 Å². The number of Topliss-reactive ketones (excluding diaryl/α,β-unsaturated/α-hetero) is 1. The molecule has 0 saturated carbocycles. The van der Waals surface area contributed by atoms with Crippen LogP contribution >= 0.6 is 0 Å². The number of aliphatic hydroxyl groups is 1. The number of carbonyl (C=O) groups excluding carboxylic acids is 2. The van der Waals surface area contributed by atoms with Crippen molar-refractivity contribution in [1.29, 1.82) is 0 Å². The van der Waals surface area contributed by atoms with Crippen LogP contribution in [0.3, 0.4) is 0 Å². The molecule has 0 aromatic heterocycles. The van der Waals surface area contributed by atoms with Gasteiger partial charge in [0.15, 0.2) is 11.5 Å². The third-order valence-electron chi connectivity index (χ3n) is 6.29. The number of likely N-dealkylation sites (tertiary alicyclic amines) is 1. The van der Waals surface area contributed by atoms with Gasteiger partial charge in [-0.3, -0.25) is 9.59 Å². The highest BCUT2D eigenvalue weighted by atomic mass is 16.5. The van der Waals surface area contributed by atoms with Crippen molar-refractivity contribution in [3.8, 4) is 17.2 Å². The molecule has 2 heterocycles. The van der Waals surface area contributed by atoms with Crippen LogP contribution in [0.4, 0.5) is 0 Å². The lowest BCUT2D eigenvalue weighted by atomic mass is 9.94. The Morgan fingerprint density at radius 2 is 1.89 bits per heavy atom. The van der Waals surface area contributed by atoms with Gasteiger partial charge in [0, 0.05) is 25.6 Å².